The quantitative estimate of drug-likeness (QED) is 0.560. The molecule has 0 radical (unpaired) electrons. The normalized spacial score (nSPS) is 10.9. The zero-order valence-corrected chi connectivity index (χ0v) is 15.5. The van der Waals surface area contributed by atoms with Gasteiger partial charge in [0.1, 0.15) is 0 Å². The summed E-state index contributed by atoms with van der Waals surface area (Å²) in [4.78, 5) is 12.4. The van der Waals surface area contributed by atoms with Gasteiger partial charge in [-0.15, -0.1) is 0 Å². The van der Waals surface area contributed by atoms with Crippen LogP contribution in [0, 0.1) is 13.8 Å². The van der Waals surface area contributed by atoms with Crippen LogP contribution in [0.5, 0.6) is 0 Å². The first-order chi connectivity index (χ1) is 13.0. The van der Waals surface area contributed by atoms with E-state index in [2.05, 4.69) is 15.7 Å². The van der Waals surface area contributed by atoms with Crippen LogP contribution in [-0.2, 0) is 7.05 Å². The fraction of sp³-hybridized carbons (Fsp3) is 0.143. The van der Waals surface area contributed by atoms with Gasteiger partial charge in [0.05, 0.1) is 11.4 Å². The van der Waals surface area contributed by atoms with Crippen molar-refractivity contribution >= 4 is 28.3 Å². The summed E-state index contributed by atoms with van der Waals surface area (Å²) in [5, 5.41) is 11.3. The average molecular weight is 359 g/mol. The van der Waals surface area contributed by atoms with Crippen LogP contribution in [0.1, 0.15) is 11.4 Å². The molecule has 2 N–H and O–H groups in total. The maximum Gasteiger partial charge on any atom is 0.323 e. The van der Waals surface area contributed by atoms with Gasteiger partial charge in [0.2, 0.25) is 0 Å². The molecule has 4 rings (SSSR count). The first-order valence-corrected chi connectivity index (χ1v) is 8.76. The lowest BCUT2D eigenvalue weighted by molar-refractivity contribution is 0.262. The number of anilines is 2. The maximum absolute atomic E-state index is 12.4. The first kappa shape index (κ1) is 16.9. The van der Waals surface area contributed by atoms with E-state index >= 15 is 0 Å². The summed E-state index contributed by atoms with van der Waals surface area (Å²) in [5.41, 5.74) is 5.49. The summed E-state index contributed by atoms with van der Waals surface area (Å²) in [5.74, 6) is 0. The molecule has 136 valence electrons. The molecular weight excluding hydrogens is 338 g/mol. The van der Waals surface area contributed by atoms with E-state index in [1.54, 1.807) is 0 Å². The standard InChI is InChI=1S/C21H21N5O/c1-14-11-15(2)26(24-14)19-6-4-5-17(13-19)22-21(27)23-18-7-8-20-16(12-18)9-10-25(20)3/h4-13H,1-3H3,(H2,22,23,27). The van der Waals surface area contributed by atoms with Gasteiger partial charge in [0, 0.05) is 41.2 Å². The van der Waals surface area contributed by atoms with E-state index in [9.17, 15) is 4.79 Å². The van der Waals surface area contributed by atoms with Crippen LogP contribution >= 0.6 is 0 Å². The summed E-state index contributed by atoms with van der Waals surface area (Å²) >= 11 is 0. The minimum atomic E-state index is -0.282. The van der Waals surface area contributed by atoms with E-state index in [0.29, 0.717) is 5.69 Å². The van der Waals surface area contributed by atoms with E-state index in [1.165, 1.54) is 0 Å². The van der Waals surface area contributed by atoms with E-state index in [0.717, 1.165) is 33.7 Å². The van der Waals surface area contributed by atoms with Crippen molar-refractivity contribution in [3.63, 3.8) is 0 Å². The number of rotatable bonds is 3. The number of nitrogens with one attached hydrogen (secondary N) is 2. The van der Waals surface area contributed by atoms with Crippen molar-refractivity contribution < 1.29 is 4.79 Å². The van der Waals surface area contributed by atoms with Gasteiger partial charge < -0.3 is 15.2 Å². The molecule has 0 bridgehead atoms. The molecule has 2 amide bonds. The molecule has 0 aliphatic rings. The summed E-state index contributed by atoms with van der Waals surface area (Å²) in [6, 6.07) is 17.2. The van der Waals surface area contributed by atoms with Gasteiger partial charge >= 0.3 is 6.03 Å². The van der Waals surface area contributed by atoms with Crippen molar-refractivity contribution in [2.45, 2.75) is 13.8 Å². The van der Waals surface area contributed by atoms with E-state index in [1.807, 2.05) is 90.9 Å². The second-order valence-corrected chi connectivity index (χ2v) is 6.67. The Morgan fingerprint density at radius 2 is 1.74 bits per heavy atom. The lowest BCUT2D eigenvalue weighted by atomic mass is 10.2. The third-order valence-electron chi connectivity index (χ3n) is 4.50. The number of hydrogen-bond acceptors (Lipinski definition) is 2. The minimum Gasteiger partial charge on any atom is -0.351 e. The molecule has 0 atom stereocenters. The molecule has 0 spiro atoms. The number of amides is 2. The van der Waals surface area contributed by atoms with Crippen LogP contribution in [0.15, 0.2) is 60.8 Å². The van der Waals surface area contributed by atoms with Gasteiger partial charge in [0.25, 0.3) is 0 Å². The van der Waals surface area contributed by atoms with Gasteiger partial charge in [-0.1, -0.05) is 6.07 Å². The largest absolute Gasteiger partial charge is 0.351 e. The fourth-order valence-electron chi connectivity index (χ4n) is 3.26. The Morgan fingerprint density at radius 3 is 2.48 bits per heavy atom. The molecule has 0 aliphatic heterocycles. The average Bonchev–Trinajstić information content (AvgIpc) is 3.16. The first-order valence-electron chi connectivity index (χ1n) is 8.76. The van der Waals surface area contributed by atoms with Gasteiger partial charge in [-0.3, -0.25) is 0 Å². The number of nitrogens with zero attached hydrogens (tertiary/aromatic N) is 3. The SMILES string of the molecule is Cc1cc(C)n(-c2cccc(NC(=O)Nc3ccc4c(ccn4C)c3)c2)n1. The van der Waals surface area contributed by atoms with Gasteiger partial charge in [-0.05, 0) is 62.4 Å². The highest BCUT2D eigenvalue weighted by Crippen LogP contribution is 2.21. The molecule has 0 fully saturated rings. The Hall–Kier alpha value is -3.54. The molecule has 2 heterocycles. The molecule has 2 aromatic carbocycles. The summed E-state index contributed by atoms with van der Waals surface area (Å²) < 4.78 is 3.91. The Balaban J connectivity index is 1.50. The van der Waals surface area contributed by atoms with Crippen LogP contribution in [0.4, 0.5) is 16.2 Å². The second kappa shape index (κ2) is 6.64. The summed E-state index contributed by atoms with van der Waals surface area (Å²) in [6.07, 6.45) is 2.00. The van der Waals surface area contributed by atoms with Gasteiger partial charge in [-0.2, -0.15) is 5.10 Å². The number of benzene rings is 2. The summed E-state index contributed by atoms with van der Waals surface area (Å²) in [7, 11) is 2.00. The highest BCUT2D eigenvalue weighted by atomic mass is 16.2. The molecule has 6 nitrogen and oxygen atoms in total. The summed E-state index contributed by atoms with van der Waals surface area (Å²) in [6.45, 7) is 3.97. The number of hydrogen-bond donors (Lipinski definition) is 2. The Labute approximate surface area is 157 Å². The molecule has 0 saturated carbocycles. The maximum atomic E-state index is 12.4. The predicted octanol–water partition coefficient (Wildman–Crippen LogP) is 4.62. The zero-order chi connectivity index (χ0) is 19.0. The van der Waals surface area contributed by atoms with Crippen LogP contribution in [0.2, 0.25) is 0 Å². The number of carbonyl (C=O) groups is 1. The smallest absolute Gasteiger partial charge is 0.323 e. The Kier molecular flexibility index (Phi) is 4.16. The van der Waals surface area contributed by atoms with E-state index in [4.69, 9.17) is 0 Å². The van der Waals surface area contributed by atoms with Crippen LogP contribution in [0.25, 0.3) is 16.6 Å². The molecule has 0 unspecified atom stereocenters. The number of aryl methyl sites for hydroxylation is 3. The predicted molar refractivity (Wildman–Crippen MR) is 109 cm³/mol. The molecule has 27 heavy (non-hydrogen) atoms. The molecule has 6 heteroatoms. The van der Waals surface area contributed by atoms with Crippen molar-refractivity contribution in [3.8, 4) is 5.69 Å². The van der Waals surface area contributed by atoms with Gasteiger partial charge in [-0.25, -0.2) is 9.48 Å². The van der Waals surface area contributed by atoms with Crippen LogP contribution in [-0.4, -0.2) is 20.4 Å². The third-order valence-corrected chi connectivity index (χ3v) is 4.50. The van der Waals surface area contributed by atoms with Crippen molar-refractivity contribution in [2.24, 2.45) is 7.05 Å². The number of urea groups is 1. The molecule has 0 aliphatic carbocycles. The number of aromatic nitrogens is 3. The highest BCUT2D eigenvalue weighted by Gasteiger charge is 2.08. The number of fused-ring (bicyclic) bond motifs is 1. The van der Waals surface area contributed by atoms with Crippen molar-refractivity contribution in [1.82, 2.24) is 14.3 Å². The molecule has 0 saturated heterocycles. The lowest BCUT2D eigenvalue weighted by Crippen LogP contribution is -2.19. The minimum absolute atomic E-state index is 0.282. The monoisotopic (exact) mass is 359 g/mol. The lowest BCUT2D eigenvalue weighted by Gasteiger charge is -2.10. The number of carbonyl (C=O) groups excluding carboxylic acids is 1. The Bertz CT molecular complexity index is 1140. The van der Waals surface area contributed by atoms with Gasteiger partial charge in [0.15, 0.2) is 0 Å². The van der Waals surface area contributed by atoms with Crippen molar-refractivity contribution in [1.29, 1.82) is 0 Å². The highest BCUT2D eigenvalue weighted by molar-refractivity contribution is 6.01. The van der Waals surface area contributed by atoms with E-state index in [-0.39, 0.29) is 6.03 Å². The topological polar surface area (TPSA) is 63.9 Å². The molecule has 2 aromatic heterocycles. The molecule has 4 aromatic rings. The van der Waals surface area contributed by atoms with Crippen LogP contribution in [0.3, 0.4) is 0 Å². The zero-order valence-electron chi connectivity index (χ0n) is 15.5. The molecular formula is C21H21N5O. The Morgan fingerprint density at radius 1 is 0.963 bits per heavy atom. The fourth-order valence-corrected chi connectivity index (χ4v) is 3.26. The van der Waals surface area contributed by atoms with Crippen molar-refractivity contribution in [2.75, 3.05) is 10.6 Å². The third kappa shape index (κ3) is 3.42. The van der Waals surface area contributed by atoms with Crippen molar-refractivity contribution in [3.05, 3.63) is 72.2 Å². The van der Waals surface area contributed by atoms with Crippen LogP contribution < -0.4 is 10.6 Å². The second-order valence-electron chi connectivity index (χ2n) is 6.67. The van der Waals surface area contributed by atoms with E-state index < -0.39 is 0 Å².